The maximum Gasteiger partial charge on any atom is 0.263 e. The molecule has 136 valence electrons. The first-order valence-corrected chi connectivity index (χ1v) is 10.1. The molecule has 0 amide bonds. The number of thioether (sulfide) groups is 1. The molecule has 1 fully saturated rings. The van der Waals surface area contributed by atoms with Crippen LogP contribution in [0.3, 0.4) is 0 Å². The van der Waals surface area contributed by atoms with E-state index in [9.17, 15) is 4.79 Å². The molecule has 7 nitrogen and oxygen atoms in total. The minimum Gasteiger partial charge on any atom is -0.339 e. The van der Waals surface area contributed by atoms with Gasteiger partial charge >= 0.3 is 0 Å². The van der Waals surface area contributed by atoms with Crippen LogP contribution in [0, 0.1) is 6.92 Å². The average Bonchev–Trinajstić information content (AvgIpc) is 3.33. The van der Waals surface area contributed by atoms with Gasteiger partial charge in [-0.2, -0.15) is 4.98 Å². The molecule has 0 aromatic carbocycles. The Bertz CT molecular complexity index is 1020. The lowest BCUT2D eigenvalue weighted by molar-refractivity contribution is 0.382. The molecule has 0 atom stereocenters. The second kappa shape index (κ2) is 6.83. The van der Waals surface area contributed by atoms with Crippen LogP contribution in [-0.4, -0.2) is 30.9 Å². The van der Waals surface area contributed by atoms with E-state index in [0.29, 0.717) is 34.5 Å². The van der Waals surface area contributed by atoms with Crippen molar-refractivity contribution in [3.8, 4) is 11.4 Å². The van der Waals surface area contributed by atoms with E-state index in [2.05, 4.69) is 20.1 Å². The van der Waals surface area contributed by atoms with Crippen LogP contribution in [0.5, 0.6) is 0 Å². The van der Waals surface area contributed by atoms with Crippen molar-refractivity contribution in [2.75, 3.05) is 6.26 Å². The van der Waals surface area contributed by atoms with Gasteiger partial charge in [-0.15, -0.1) is 0 Å². The molecular formula is C18H21N5O2S. The van der Waals surface area contributed by atoms with E-state index < -0.39 is 0 Å². The highest BCUT2D eigenvalue weighted by Crippen LogP contribution is 2.33. The lowest BCUT2D eigenvalue weighted by Gasteiger charge is -2.19. The van der Waals surface area contributed by atoms with Gasteiger partial charge in [0.15, 0.2) is 5.16 Å². The van der Waals surface area contributed by atoms with Crippen molar-refractivity contribution in [2.45, 2.75) is 57.1 Å². The van der Waals surface area contributed by atoms with Crippen molar-refractivity contribution >= 4 is 22.8 Å². The fourth-order valence-corrected chi connectivity index (χ4v) is 4.02. The monoisotopic (exact) mass is 371 g/mol. The van der Waals surface area contributed by atoms with Gasteiger partial charge in [0, 0.05) is 24.0 Å². The van der Waals surface area contributed by atoms with Gasteiger partial charge in [-0.3, -0.25) is 9.36 Å². The molecule has 0 aliphatic heterocycles. The fourth-order valence-electron chi connectivity index (χ4n) is 3.68. The van der Waals surface area contributed by atoms with Gasteiger partial charge in [0.25, 0.3) is 5.56 Å². The maximum absolute atomic E-state index is 13.5. The van der Waals surface area contributed by atoms with Crippen LogP contribution in [0.4, 0.5) is 0 Å². The highest BCUT2D eigenvalue weighted by Gasteiger charge is 2.26. The van der Waals surface area contributed by atoms with Gasteiger partial charge < -0.3 is 4.52 Å². The molecule has 0 spiro atoms. The molecule has 1 saturated carbocycles. The van der Waals surface area contributed by atoms with Gasteiger partial charge in [-0.25, -0.2) is 9.97 Å². The largest absolute Gasteiger partial charge is 0.339 e. The van der Waals surface area contributed by atoms with Gasteiger partial charge in [-0.1, -0.05) is 36.7 Å². The molecular weight excluding hydrogens is 350 g/mol. The summed E-state index contributed by atoms with van der Waals surface area (Å²) in [7, 11) is 0. The predicted molar refractivity (Wildman–Crippen MR) is 100 cm³/mol. The summed E-state index contributed by atoms with van der Waals surface area (Å²) in [5.41, 5.74) is 1.92. The fraction of sp³-hybridized carbons (Fsp3) is 0.500. The Morgan fingerprint density at radius 1 is 1.31 bits per heavy atom. The van der Waals surface area contributed by atoms with E-state index in [4.69, 9.17) is 4.52 Å². The first-order valence-electron chi connectivity index (χ1n) is 8.92. The number of hydrogen-bond acceptors (Lipinski definition) is 7. The number of rotatable bonds is 4. The standard InChI is InChI=1S/C18H21N5O2S/c1-4-13-20-15(22-25-13)14-10(2)12-9-19-18(26-3)21-16(12)23(17(14)24)11-7-5-6-8-11/h9,11H,4-8H2,1-3H3. The maximum atomic E-state index is 13.5. The zero-order valence-corrected chi connectivity index (χ0v) is 16.0. The molecule has 26 heavy (non-hydrogen) atoms. The van der Waals surface area contributed by atoms with Crippen LogP contribution in [-0.2, 0) is 6.42 Å². The van der Waals surface area contributed by atoms with E-state index in [1.807, 2.05) is 24.7 Å². The van der Waals surface area contributed by atoms with E-state index in [1.165, 1.54) is 11.8 Å². The van der Waals surface area contributed by atoms with Crippen LogP contribution >= 0.6 is 11.8 Å². The summed E-state index contributed by atoms with van der Waals surface area (Å²) in [6, 6.07) is 0.159. The first kappa shape index (κ1) is 17.2. The Morgan fingerprint density at radius 3 is 2.73 bits per heavy atom. The lowest BCUT2D eigenvalue weighted by atomic mass is 10.1. The summed E-state index contributed by atoms with van der Waals surface area (Å²) in [4.78, 5) is 26.9. The molecule has 0 unspecified atom stereocenters. The van der Waals surface area contributed by atoms with Crippen molar-refractivity contribution in [3.05, 3.63) is 28.0 Å². The summed E-state index contributed by atoms with van der Waals surface area (Å²) < 4.78 is 7.09. The normalized spacial score (nSPS) is 15.2. The van der Waals surface area contributed by atoms with E-state index in [0.717, 1.165) is 36.6 Å². The van der Waals surface area contributed by atoms with Crippen LogP contribution < -0.4 is 5.56 Å². The molecule has 0 N–H and O–H groups in total. The number of nitrogens with zero attached hydrogens (tertiary/aromatic N) is 5. The molecule has 0 saturated heterocycles. The lowest BCUT2D eigenvalue weighted by Crippen LogP contribution is -2.27. The second-order valence-corrected chi connectivity index (χ2v) is 7.35. The van der Waals surface area contributed by atoms with Gasteiger partial charge in [0.05, 0.1) is 5.56 Å². The van der Waals surface area contributed by atoms with Crippen molar-refractivity contribution in [2.24, 2.45) is 0 Å². The van der Waals surface area contributed by atoms with Crippen LogP contribution in [0.1, 0.15) is 50.1 Å². The minimum absolute atomic E-state index is 0.0869. The summed E-state index contributed by atoms with van der Waals surface area (Å²) in [6.07, 6.45) is 8.61. The van der Waals surface area contributed by atoms with Crippen molar-refractivity contribution in [1.29, 1.82) is 0 Å². The molecule has 1 aliphatic carbocycles. The predicted octanol–water partition coefficient (Wildman–Crippen LogP) is 3.55. The minimum atomic E-state index is -0.0869. The Hall–Kier alpha value is -2.22. The third kappa shape index (κ3) is 2.72. The van der Waals surface area contributed by atoms with Crippen LogP contribution in [0.25, 0.3) is 22.4 Å². The molecule has 3 heterocycles. The molecule has 1 aliphatic rings. The zero-order valence-electron chi connectivity index (χ0n) is 15.2. The van der Waals surface area contributed by atoms with E-state index in [-0.39, 0.29) is 11.6 Å². The molecule has 3 aromatic rings. The Kier molecular flexibility index (Phi) is 4.52. The van der Waals surface area contributed by atoms with Gasteiger partial charge in [-0.05, 0) is 31.6 Å². The Balaban J connectivity index is 2.05. The topological polar surface area (TPSA) is 86.7 Å². The molecule has 0 bridgehead atoms. The average molecular weight is 371 g/mol. The Labute approximate surface area is 155 Å². The first-order chi connectivity index (χ1) is 12.6. The van der Waals surface area contributed by atoms with Gasteiger partial charge in [0.2, 0.25) is 11.7 Å². The summed E-state index contributed by atoms with van der Waals surface area (Å²) in [5, 5.41) is 5.58. The number of aryl methyl sites for hydroxylation is 2. The molecule has 4 rings (SSSR count). The quantitative estimate of drug-likeness (QED) is 0.512. The van der Waals surface area contributed by atoms with Crippen LogP contribution in [0.2, 0.25) is 0 Å². The number of fused-ring (bicyclic) bond motifs is 1. The smallest absolute Gasteiger partial charge is 0.263 e. The van der Waals surface area contributed by atoms with Crippen molar-refractivity contribution in [3.63, 3.8) is 0 Å². The van der Waals surface area contributed by atoms with Crippen molar-refractivity contribution < 1.29 is 4.52 Å². The number of aromatic nitrogens is 5. The van der Waals surface area contributed by atoms with Gasteiger partial charge in [0.1, 0.15) is 5.65 Å². The highest BCUT2D eigenvalue weighted by atomic mass is 32.2. The highest BCUT2D eigenvalue weighted by molar-refractivity contribution is 7.98. The third-order valence-electron chi connectivity index (χ3n) is 5.05. The third-order valence-corrected chi connectivity index (χ3v) is 5.61. The Morgan fingerprint density at radius 2 is 2.08 bits per heavy atom. The molecule has 0 radical (unpaired) electrons. The van der Waals surface area contributed by atoms with Crippen LogP contribution in [0.15, 0.2) is 20.7 Å². The van der Waals surface area contributed by atoms with Crippen molar-refractivity contribution in [1.82, 2.24) is 24.7 Å². The van der Waals surface area contributed by atoms with E-state index >= 15 is 0 Å². The number of pyridine rings is 1. The molecule has 3 aromatic heterocycles. The summed E-state index contributed by atoms with van der Waals surface area (Å²) >= 11 is 1.48. The number of hydrogen-bond donors (Lipinski definition) is 0. The SMILES string of the molecule is CCc1nc(-c2c(C)c3cnc(SC)nc3n(C3CCCC3)c2=O)no1. The molecule has 8 heteroatoms. The zero-order chi connectivity index (χ0) is 18.3. The van der Waals surface area contributed by atoms with E-state index in [1.54, 1.807) is 6.20 Å². The second-order valence-electron chi connectivity index (χ2n) is 6.57. The summed E-state index contributed by atoms with van der Waals surface area (Å²) in [5.74, 6) is 0.882. The summed E-state index contributed by atoms with van der Waals surface area (Å²) in [6.45, 7) is 3.85.